The molecule has 1 amide bonds. The minimum Gasteiger partial charge on any atom is -0.495 e. The first-order chi connectivity index (χ1) is 9.72. The lowest BCUT2D eigenvalue weighted by Crippen LogP contribution is -2.44. The number of hydrogen-bond acceptors (Lipinski definition) is 3. The summed E-state index contributed by atoms with van der Waals surface area (Å²) in [4.78, 5) is 12.8. The number of ether oxygens (including phenoxy) is 1. The third kappa shape index (κ3) is 3.12. The van der Waals surface area contributed by atoms with Gasteiger partial charge in [0.05, 0.1) is 18.2 Å². The van der Waals surface area contributed by atoms with Gasteiger partial charge in [-0.05, 0) is 44.5 Å². The van der Waals surface area contributed by atoms with Crippen molar-refractivity contribution in [1.29, 1.82) is 0 Å². The molecule has 0 atom stereocenters. The normalized spacial score (nSPS) is 17.5. The number of carbonyl (C=O) groups is 1. The smallest absolute Gasteiger partial charge is 0.230 e. The molecule has 20 heavy (non-hydrogen) atoms. The summed E-state index contributed by atoms with van der Waals surface area (Å²) >= 11 is 0. The standard InChI is InChI=1S/C16H24N2O2/c1-3-8-16(9-11-17-12-10-16)15(19)18-13-6-4-5-7-14(13)20-2/h4-7,17H,3,8-12H2,1-2H3,(H,18,19). The first kappa shape index (κ1) is 14.9. The molecule has 0 aliphatic carbocycles. The average Bonchev–Trinajstić information content (AvgIpc) is 2.49. The van der Waals surface area contributed by atoms with Crippen LogP contribution in [0.15, 0.2) is 24.3 Å². The van der Waals surface area contributed by atoms with Crippen LogP contribution in [0, 0.1) is 5.41 Å². The molecule has 4 heteroatoms. The molecule has 0 aromatic heterocycles. The van der Waals surface area contributed by atoms with E-state index in [9.17, 15) is 4.79 Å². The highest BCUT2D eigenvalue weighted by Crippen LogP contribution is 2.36. The Kier molecular flexibility index (Phi) is 5.01. The number of para-hydroxylation sites is 2. The Morgan fingerprint density at radius 2 is 2.05 bits per heavy atom. The van der Waals surface area contributed by atoms with Crippen LogP contribution in [0.1, 0.15) is 32.6 Å². The van der Waals surface area contributed by atoms with E-state index in [0.29, 0.717) is 5.75 Å². The Hall–Kier alpha value is -1.55. The molecular formula is C16H24N2O2. The second kappa shape index (κ2) is 6.75. The number of hydrogen-bond donors (Lipinski definition) is 2. The van der Waals surface area contributed by atoms with Gasteiger partial charge in [0.25, 0.3) is 0 Å². The SMILES string of the molecule is CCCC1(C(=O)Nc2ccccc2OC)CCNCC1. The van der Waals surface area contributed by atoms with Crippen molar-refractivity contribution in [1.82, 2.24) is 5.32 Å². The molecule has 2 N–H and O–H groups in total. The second-order valence-electron chi connectivity index (χ2n) is 5.43. The molecule has 1 aliphatic rings. The number of piperidine rings is 1. The van der Waals surface area contributed by atoms with Crippen LogP contribution in [0.3, 0.4) is 0 Å². The molecule has 110 valence electrons. The van der Waals surface area contributed by atoms with Crippen LogP contribution < -0.4 is 15.4 Å². The van der Waals surface area contributed by atoms with Crippen LogP contribution in [-0.4, -0.2) is 26.1 Å². The lowest BCUT2D eigenvalue weighted by Gasteiger charge is -2.36. The molecule has 1 aromatic carbocycles. The van der Waals surface area contributed by atoms with Crippen molar-refractivity contribution in [3.05, 3.63) is 24.3 Å². The molecular weight excluding hydrogens is 252 g/mol. The van der Waals surface area contributed by atoms with Crippen molar-refractivity contribution in [2.45, 2.75) is 32.6 Å². The maximum Gasteiger partial charge on any atom is 0.230 e. The molecule has 4 nitrogen and oxygen atoms in total. The number of methoxy groups -OCH3 is 1. The highest BCUT2D eigenvalue weighted by atomic mass is 16.5. The van der Waals surface area contributed by atoms with Crippen molar-refractivity contribution in [2.24, 2.45) is 5.41 Å². The summed E-state index contributed by atoms with van der Waals surface area (Å²) < 4.78 is 5.30. The van der Waals surface area contributed by atoms with Gasteiger partial charge in [0.1, 0.15) is 5.75 Å². The van der Waals surface area contributed by atoms with Gasteiger partial charge in [0, 0.05) is 0 Å². The molecule has 0 spiro atoms. The summed E-state index contributed by atoms with van der Waals surface area (Å²) in [6.45, 7) is 3.97. The van der Waals surface area contributed by atoms with Crippen LogP contribution in [0.4, 0.5) is 5.69 Å². The quantitative estimate of drug-likeness (QED) is 0.869. The molecule has 1 saturated heterocycles. The highest BCUT2D eigenvalue weighted by molar-refractivity contribution is 5.96. The van der Waals surface area contributed by atoms with Gasteiger partial charge in [-0.2, -0.15) is 0 Å². The van der Waals surface area contributed by atoms with E-state index in [4.69, 9.17) is 4.74 Å². The summed E-state index contributed by atoms with van der Waals surface area (Å²) in [6.07, 6.45) is 3.78. The zero-order valence-corrected chi connectivity index (χ0v) is 12.4. The Labute approximate surface area is 120 Å². The summed E-state index contributed by atoms with van der Waals surface area (Å²) in [6, 6.07) is 7.57. The molecule has 0 bridgehead atoms. The summed E-state index contributed by atoms with van der Waals surface area (Å²) in [7, 11) is 1.62. The molecule has 1 heterocycles. The summed E-state index contributed by atoms with van der Waals surface area (Å²) in [5, 5.41) is 6.40. The summed E-state index contributed by atoms with van der Waals surface area (Å²) in [5.74, 6) is 0.840. The molecule has 1 aliphatic heterocycles. The van der Waals surface area contributed by atoms with Crippen LogP contribution in [-0.2, 0) is 4.79 Å². The van der Waals surface area contributed by atoms with E-state index in [1.54, 1.807) is 7.11 Å². The second-order valence-corrected chi connectivity index (χ2v) is 5.43. The topological polar surface area (TPSA) is 50.4 Å². The Morgan fingerprint density at radius 1 is 1.35 bits per heavy atom. The van der Waals surface area contributed by atoms with Crippen LogP contribution in [0.5, 0.6) is 5.75 Å². The van der Waals surface area contributed by atoms with E-state index in [0.717, 1.165) is 44.5 Å². The van der Waals surface area contributed by atoms with Gasteiger partial charge < -0.3 is 15.4 Å². The number of rotatable bonds is 5. The van der Waals surface area contributed by atoms with Gasteiger partial charge in [-0.3, -0.25) is 4.79 Å². The number of benzene rings is 1. The van der Waals surface area contributed by atoms with E-state index >= 15 is 0 Å². The van der Waals surface area contributed by atoms with Gasteiger partial charge in [0.2, 0.25) is 5.91 Å². The lowest BCUT2D eigenvalue weighted by molar-refractivity contribution is -0.127. The minimum atomic E-state index is -0.235. The van der Waals surface area contributed by atoms with Gasteiger partial charge in [-0.1, -0.05) is 25.5 Å². The van der Waals surface area contributed by atoms with Gasteiger partial charge in [-0.25, -0.2) is 0 Å². The lowest BCUT2D eigenvalue weighted by atomic mass is 9.74. The fourth-order valence-electron chi connectivity index (χ4n) is 2.98. The predicted molar refractivity (Wildman–Crippen MR) is 81.1 cm³/mol. The molecule has 2 rings (SSSR count). The zero-order chi connectivity index (χ0) is 14.4. The molecule has 0 radical (unpaired) electrons. The van der Waals surface area contributed by atoms with E-state index in [1.165, 1.54) is 0 Å². The van der Waals surface area contributed by atoms with Crippen molar-refractivity contribution in [2.75, 3.05) is 25.5 Å². The first-order valence-electron chi connectivity index (χ1n) is 7.37. The zero-order valence-electron chi connectivity index (χ0n) is 12.4. The minimum absolute atomic E-state index is 0.130. The van der Waals surface area contributed by atoms with Gasteiger partial charge in [0.15, 0.2) is 0 Å². The predicted octanol–water partition coefficient (Wildman–Crippen LogP) is 2.80. The fraction of sp³-hybridized carbons (Fsp3) is 0.562. The number of carbonyl (C=O) groups excluding carboxylic acids is 1. The average molecular weight is 276 g/mol. The van der Waals surface area contributed by atoms with E-state index < -0.39 is 0 Å². The molecule has 0 unspecified atom stereocenters. The highest BCUT2D eigenvalue weighted by Gasteiger charge is 2.38. The maximum atomic E-state index is 12.8. The third-order valence-corrected chi connectivity index (χ3v) is 4.13. The Morgan fingerprint density at radius 3 is 2.70 bits per heavy atom. The van der Waals surface area contributed by atoms with Gasteiger partial charge in [-0.15, -0.1) is 0 Å². The largest absolute Gasteiger partial charge is 0.495 e. The van der Waals surface area contributed by atoms with Crippen LogP contribution in [0.25, 0.3) is 0 Å². The van der Waals surface area contributed by atoms with Crippen molar-refractivity contribution in [3.63, 3.8) is 0 Å². The third-order valence-electron chi connectivity index (χ3n) is 4.13. The molecule has 1 fully saturated rings. The Bertz CT molecular complexity index is 448. The fourth-order valence-corrected chi connectivity index (χ4v) is 2.98. The van der Waals surface area contributed by atoms with Crippen molar-refractivity contribution in [3.8, 4) is 5.75 Å². The maximum absolute atomic E-state index is 12.8. The Balaban J connectivity index is 2.16. The summed E-state index contributed by atoms with van der Waals surface area (Å²) in [5.41, 5.74) is 0.523. The van der Waals surface area contributed by atoms with Crippen molar-refractivity contribution >= 4 is 11.6 Å². The van der Waals surface area contributed by atoms with E-state index in [1.807, 2.05) is 24.3 Å². The van der Waals surface area contributed by atoms with E-state index in [-0.39, 0.29) is 11.3 Å². The van der Waals surface area contributed by atoms with Crippen LogP contribution in [0.2, 0.25) is 0 Å². The molecule has 0 saturated carbocycles. The van der Waals surface area contributed by atoms with E-state index in [2.05, 4.69) is 17.6 Å². The number of amides is 1. The molecule has 1 aromatic rings. The first-order valence-corrected chi connectivity index (χ1v) is 7.37. The number of anilines is 1. The number of nitrogens with one attached hydrogen (secondary N) is 2. The van der Waals surface area contributed by atoms with Crippen LogP contribution >= 0.6 is 0 Å². The van der Waals surface area contributed by atoms with Crippen molar-refractivity contribution < 1.29 is 9.53 Å². The monoisotopic (exact) mass is 276 g/mol. The van der Waals surface area contributed by atoms with Gasteiger partial charge >= 0.3 is 0 Å².